The van der Waals surface area contributed by atoms with Crippen LogP contribution in [0.15, 0.2) is 24.3 Å². The molecule has 1 saturated heterocycles. The Balaban J connectivity index is 1.81. The van der Waals surface area contributed by atoms with Gasteiger partial charge in [0, 0.05) is 17.0 Å². The van der Waals surface area contributed by atoms with Crippen molar-refractivity contribution in [3.8, 4) is 0 Å². The largest absolute Gasteiger partial charge is 0.477 e. The third-order valence-corrected chi connectivity index (χ3v) is 4.32. The molecule has 0 spiro atoms. The zero-order valence-electron chi connectivity index (χ0n) is 10.6. The van der Waals surface area contributed by atoms with Gasteiger partial charge in [-0.05, 0) is 42.5 Å². The van der Waals surface area contributed by atoms with E-state index in [0.29, 0.717) is 17.2 Å². The van der Waals surface area contributed by atoms with Crippen molar-refractivity contribution in [3.05, 3.63) is 29.1 Å². The fourth-order valence-corrected chi connectivity index (χ4v) is 3.12. The van der Waals surface area contributed by atoms with E-state index in [0.717, 1.165) is 22.9 Å². The number of carbonyl (C=O) groups excluding carboxylic acids is 1. The van der Waals surface area contributed by atoms with Gasteiger partial charge >= 0.3 is 5.97 Å². The molecule has 2 N–H and O–H groups in total. The molecule has 0 saturated carbocycles. The molecule has 1 aliphatic rings. The van der Waals surface area contributed by atoms with Gasteiger partial charge in [-0.25, -0.2) is 4.79 Å². The van der Waals surface area contributed by atoms with Crippen LogP contribution in [-0.2, 0) is 9.53 Å². The van der Waals surface area contributed by atoms with Crippen LogP contribution < -0.4 is 5.32 Å². The lowest BCUT2D eigenvalue weighted by molar-refractivity contribution is -0.124. The van der Waals surface area contributed by atoms with Gasteiger partial charge in [0.2, 0.25) is 0 Å². The standard InChI is InChI=1S/C14H13NO4S/c16-13(10-2-1-5-19-10)15-9-3-4-11-8(6-9)7-12(20-11)14(17)18/h3-4,6-7,10H,1-2,5H2,(H,15,16)(H,17,18). The molecule has 1 atom stereocenters. The number of nitrogens with one attached hydrogen (secondary N) is 1. The average molecular weight is 291 g/mol. The van der Waals surface area contributed by atoms with E-state index >= 15 is 0 Å². The van der Waals surface area contributed by atoms with E-state index < -0.39 is 5.97 Å². The first kappa shape index (κ1) is 13.1. The molecule has 1 fully saturated rings. The minimum atomic E-state index is -0.934. The molecule has 2 aromatic rings. The minimum Gasteiger partial charge on any atom is -0.477 e. The molecule has 5 nitrogen and oxygen atoms in total. The van der Waals surface area contributed by atoms with E-state index in [-0.39, 0.29) is 12.0 Å². The van der Waals surface area contributed by atoms with E-state index in [9.17, 15) is 9.59 Å². The third kappa shape index (κ3) is 2.52. The van der Waals surface area contributed by atoms with Crippen LogP contribution in [0.25, 0.3) is 10.1 Å². The fraction of sp³-hybridized carbons (Fsp3) is 0.286. The number of carboxylic acid groups (broad SMARTS) is 1. The number of hydrogen-bond donors (Lipinski definition) is 2. The van der Waals surface area contributed by atoms with Gasteiger partial charge in [-0.3, -0.25) is 4.79 Å². The second-order valence-corrected chi connectivity index (χ2v) is 5.74. The second-order valence-electron chi connectivity index (χ2n) is 4.66. The highest BCUT2D eigenvalue weighted by atomic mass is 32.1. The van der Waals surface area contributed by atoms with Crippen LogP contribution in [-0.4, -0.2) is 29.7 Å². The number of amides is 1. The lowest BCUT2D eigenvalue weighted by Crippen LogP contribution is -2.26. The van der Waals surface area contributed by atoms with Gasteiger partial charge in [0.25, 0.3) is 5.91 Å². The van der Waals surface area contributed by atoms with Crippen molar-refractivity contribution in [2.45, 2.75) is 18.9 Å². The molecule has 0 radical (unpaired) electrons. The second kappa shape index (κ2) is 5.22. The summed E-state index contributed by atoms with van der Waals surface area (Å²) in [5.41, 5.74) is 0.660. The van der Waals surface area contributed by atoms with E-state index in [4.69, 9.17) is 9.84 Å². The van der Waals surface area contributed by atoms with Crippen LogP contribution in [0.2, 0.25) is 0 Å². The average Bonchev–Trinajstić information content (AvgIpc) is 3.07. The molecule has 0 bridgehead atoms. The van der Waals surface area contributed by atoms with Crippen LogP contribution in [0.5, 0.6) is 0 Å². The number of rotatable bonds is 3. The zero-order chi connectivity index (χ0) is 14.1. The van der Waals surface area contributed by atoms with Crippen LogP contribution in [0.4, 0.5) is 5.69 Å². The fourth-order valence-electron chi connectivity index (χ4n) is 2.23. The molecule has 1 aromatic carbocycles. The maximum absolute atomic E-state index is 11.9. The summed E-state index contributed by atoms with van der Waals surface area (Å²) in [5, 5.41) is 12.6. The van der Waals surface area contributed by atoms with Crippen LogP contribution in [0, 0.1) is 0 Å². The number of aromatic carboxylic acids is 1. The number of anilines is 1. The zero-order valence-corrected chi connectivity index (χ0v) is 11.4. The molecule has 0 aliphatic carbocycles. The number of fused-ring (bicyclic) bond motifs is 1. The van der Waals surface area contributed by atoms with Crippen LogP contribution in [0.1, 0.15) is 22.5 Å². The minimum absolute atomic E-state index is 0.143. The number of benzene rings is 1. The van der Waals surface area contributed by atoms with E-state index in [1.807, 2.05) is 6.07 Å². The normalized spacial score (nSPS) is 18.3. The molecular formula is C14H13NO4S. The predicted molar refractivity (Wildman–Crippen MR) is 76.4 cm³/mol. The highest BCUT2D eigenvalue weighted by Crippen LogP contribution is 2.28. The quantitative estimate of drug-likeness (QED) is 0.911. The molecule has 104 valence electrons. The Bertz CT molecular complexity index is 673. The number of carbonyl (C=O) groups is 2. The van der Waals surface area contributed by atoms with Crippen molar-refractivity contribution < 1.29 is 19.4 Å². The summed E-state index contributed by atoms with van der Waals surface area (Å²) in [6.07, 6.45) is 1.28. The maximum Gasteiger partial charge on any atom is 0.345 e. The molecule has 3 rings (SSSR count). The van der Waals surface area contributed by atoms with Gasteiger partial charge < -0.3 is 15.2 Å². The Morgan fingerprint density at radius 3 is 2.90 bits per heavy atom. The summed E-state index contributed by atoms with van der Waals surface area (Å²) >= 11 is 1.22. The molecule has 1 aromatic heterocycles. The van der Waals surface area contributed by atoms with Gasteiger partial charge in [-0.15, -0.1) is 11.3 Å². The molecule has 1 unspecified atom stereocenters. The topological polar surface area (TPSA) is 75.6 Å². The highest BCUT2D eigenvalue weighted by molar-refractivity contribution is 7.20. The first-order valence-corrected chi connectivity index (χ1v) is 7.14. The van der Waals surface area contributed by atoms with Crippen molar-refractivity contribution in [1.29, 1.82) is 0 Å². The Morgan fingerprint density at radius 2 is 2.20 bits per heavy atom. The van der Waals surface area contributed by atoms with Gasteiger partial charge in [-0.2, -0.15) is 0 Å². The molecule has 20 heavy (non-hydrogen) atoms. The number of carboxylic acids is 1. The Morgan fingerprint density at radius 1 is 1.35 bits per heavy atom. The summed E-state index contributed by atoms with van der Waals surface area (Å²) < 4.78 is 6.21. The maximum atomic E-state index is 11.9. The van der Waals surface area contributed by atoms with E-state index in [1.54, 1.807) is 18.2 Å². The van der Waals surface area contributed by atoms with Crippen molar-refractivity contribution in [3.63, 3.8) is 0 Å². The molecular weight excluding hydrogens is 278 g/mol. The third-order valence-electron chi connectivity index (χ3n) is 3.22. The lowest BCUT2D eigenvalue weighted by atomic mass is 10.2. The Kier molecular flexibility index (Phi) is 3.42. The first-order valence-electron chi connectivity index (χ1n) is 6.33. The van der Waals surface area contributed by atoms with Crippen molar-refractivity contribution in [2.75, 3.05) is 11.9 Å². The van der Waals surface area contributed by atoms with Gasteiger partial charge in [-0.1, -0.05) is 0 Å². The monoisotopic (exact) mass is 291 g/mol. The van der Waals surface area contributed by atoms with Crippen LogP contribution >= 0.6 is 11.3 Å². The lowest BCUT2D eigenvalue weighted by Gasteiger charge is -2.10. The molecule has 1 aliphatic heterocycles. The van der Waals surface area contributed by atoms with Crippen molar-refractivity contribution in [1.82, 2.24) is 0 Å². The summed E-state index contributed by atoms with van der Waals surface area (Å²) in [4.78, 5) is 23.2. The van der Waals surface area contributed by atoms with E-state index in [1.165, 1.54) is 11.3 Å². The Hall–Kier alpha value is -1.92. The summed E-state index contributed by atoms with van der Waals surface area (Å²) in [5.74, 6) is -1.08. The summed E-state index contributed by atoms with van der Waals surface area (Å²) in [6, 6.07) is 6.99. The number of hydrogen-bond acceptors (Lipinski definition) is 4. The smallest absolute Gasteiger partial charge is 0.345 e. The molecule has 2 heterocycles. The first-order chi connectivity index (χ1) is 9.63. The Labute approximate surface area is 119 Å². The van der Waals surface area contributed by atoms with Crippen LogP contribution in [0.3, 0.4) is 0 Å². The van der Waals surface area contributed by atoms with Gasteiger partial charge in [0.15, 0.2) is 0 Å². The number of thiophene rings is 1. The van der Waals surface area contributed by atoms with Crippen molar-refractivity contribution in [2.24, 2.45) is 0 Å². The van der Waals surface area contributed by atoms with E-state index in [2.05, 4.69) is 5.32 Å². The van der Waals surface area contributed by atoms with Gasteiger partial charge in [0.1, 0.15) is 11.0 Å². The molecule has 1 amide bonds. The number of ether oxygens (including phenoxy) is 1. The van der Waals surface area contributed by atoms with Gasteiger partial charge in [0.05, 0.1) is 0 Å². The SMILES string of the molecule is O=C(O)c1cc2cc(NC(=O)C3CCCO3)ccc2s1. The van der Waals surface area contributed by atoms with Crippen molar-refractivity contribution >= 4 is 39.0 Å². The highest BCUT2D eigenvalue weighted by Gasteiger charge is 2.23. The summed E-state index contributed by atoms with van der Waals surface area (Å²) in [7, 11) is 0. The summed E-state index contributed by atoms with van der Waals surface area (Å²) in [6.45, 7) is 0.629. The molecule has 6 heteroatoms. The predicted octanol–water partition coefficient (Wildman–Crippen LogP) is 2.72.